The van der Waals surface area contributed by atoms with E-state index in [4.69, 9.17) is 11.6 Å². The van der Waals surface area contributed by atoms with Crippen molar-refractivity contribution < 1.29 is 9.72 Å². The number of carbonyl (C=O) groups excluding carboxylic acids is 1. The lowest BCUT2D eigenvalue weighted by atomic mass is 10.2. The van der Waals surface area contributed by atoms with Crippen molar-refractivity contribution in [3.8, 4) is 0 Å². The SMILES string of the molecule is C=CCC(C)NC(=O)c1ccnc(Cl)c1[N+](=O)[O-]. The molecule has 1 aromatic heterocycles. The first-order chi connectivity index (χ1) is 8.47. The van der Waals surface area contributed by atoms with Crippen LogP contribution in [-0.4, -0.2) is 21.9 Å². The van der Waals surface area contributed by atoms with Crippen LogP contribution in [0.25, 0.3) is 0 Å². The van der Waals surface area contributed by atoms with Crippen LogP contribution in [0.1, 0.15) is 23.7 Å². The van der Waals surface area contributed by atoms with Gasteiger partial charge in [-0.15, -0.1) is 6.58 Å². The molecule has 1 heterocycles. The number of aromatic nitrogens is 1. The molecule has 18 heavy (non-hydrogen) atoms. The van der Waals surface area contributed by atoms with Crippen molar-refractivity contribution in [2.75, 3.05) is 0 Å². The van der Waals surface area contributed by atoms with E-state index in [-0.39, 0.29) is 16.8 Å². The standard InChI is InChI=1S/C11H12ClN3O3/c1-3-4-7(2)14-11(16)8-5-6-13-10(12)9(8)15(17)18/h3,5-7H,1,4H2,2H3,(H,14,16). The molecule has 0 radical (unpaired) electrons. The summed E-state index contributed by atoms with van der Waals surface area (Å²) in [6, 6.07) is 1.10. The molecule has 1 unspecified atom stereocenters. The van der Waals surface area contributed by atoms with E-state index in [1.54, 1.807) is 13.0 Å². The molecule has 0 saturated carbocycles. The van der Waals surface area contributed by atoms with Gasteiger partial charge in [0.1, 0.15) is 5.56 Å². The van der Waals surface area contributed by atoms with Crippen LogP contribution in [0.3, 0.4) is 0 Å². The molecule has 0 saturated heterocycles. The number of pyridine rings is 1. The fourth-order valence-electron chi connectivity index (χ4n) is 1.40. The van der Waals surface area contributed by atoms with Gasteiger partial charge in [0.25, 0.3) is 5.91 Å². The van der Waals surface area contributed by atoms with E-state index < -0.39 is 16.5 Å². The van der Waals surface area contributed by atoms with E-state index >= 15 is 0 Å². The summed E-state index contributed by atoms with van der Waals surface area (Å²) in [6.45, 7) is 5.32. The molecule has 1 atom stereocenters. The van der Waals surface area contributed by atoms with Gasteiger partial charge < -0.3 is 5.32 Å². The highest BCUT2D eigenvalue weighted by atomic mass is 35.5. The second-order valence-electron chi connectivity index (χ2n) is 3.65. The third kappa shape index (κ3) is 3.27. The van der Waals surface area contributed by atoms with Crippen LogP contribution >= 0.6 is 11.6 Å². The number of hydrogen-bond acceptors (Lipinski definition) is 4. The molecule has 1 rings (SSSR count). The molecule has 0 aliphatic heterocycles. The van der Waals surface area contributed by atoms with Crippen LogP contribution in [0.4, 0.5) is 5.69 Å². The lowest BCUT2D eigenvalue weighted by molar-refractivity contribution is -0.385. The van der Waals surface area contributed by atoms with Gasteiger partial charge in [0.2, 0.25) is 5.15 Å². The van der Waals surface area contributed by atoms with Crippen molar-refractivity contribution in [3.63, 3.8) is 0 Å². The summed E-state index contributed by atoms with van der Waals surface area (Å²) in [7, 11) is 0. The zero-order valence-electron chi connectivity index (χ0n) is 9.72. The predicted molar refractivity (Wildman–Crippen MR) is 67.6 cm³/mol. The molecule has 0 aliphatic rings. The van der Waals surface area contributed by atoms with E-state index in [0.717, 1.165) is 0 Å². The van der Waals surface area contributed by atoms with Gasteiger partial charge in [-0.3, -0.25) is 14.9 Å². The molecule has 0 aliphatic carbocycles. The summed E-state index contributed by atoms with van der Waals surface area (Å²) in [5, 5.41) is 13.2. The Morgan fingerprint density at radius 2 is 2.44 bits per heavy atom. The number of rotatable bonds is 5. The molecular formula is C11H12ClN3O3. The second kappa shape index (κ2) is 6.11. The van der Waals surface area contributed by atoms with Gasteiger partial charge in [-0.25, -0.2) is 4.98 Å². The predicted octanol–water partition coefficient (Wildman–Crippen LogP) is 2.34. The first-order valence-electron chi connectivity index (χ1n) is 5.18. The van der Waals surface area contributed by atoms with E-state index in [1.807, 2.05) is 0 Å². The van der Waals surface area contributed by atoms with Gasteiger partial charge in [0.15, 0.2) is 0 Å². The molecule has 0 aromatic carbocycles. The lowest BCUT2D eigenvalue weighted by Crippen LogP contribution is -2.32. The largest absolute Gasteiger partial charge is 0.349 e. The number of halogens is 1. The van der Waals surface area contributed by atoms with Gasteiger partial charge in [0.05, 0.1) is 4.92 Å². The van der Waals surface area contributed by atoms with E-state index in [1.165, 1.54) is 12.3 Å². The average Bonchev–Trinajstić information content (AvgIpc) is 2.28. The van der Waals surface area contributed by atoms with Crippen LogP contribution in [0.2, 0.25) is 5.15 Å². The number of nitro groups is 1. The fourth-order valence-corrected chi connectivity index (χ4v) is 1.62. The van der Waals surface area contributed by atoms with Crippen LogP contribution in [0.15, 0.2) is 24.9 Å². The van der Waals surface area contributed by atoms with Crippen molar-refractivity contribution in [1.82, 2.24) is 10.3 Å². The summed E-state index contributed by atoms with van der Waals surface area (Å²) in [5.41, 5.74) is -0.585. The van der Waals surface area contributed by atoms with Crippen LogP contribution in [-0.2, 0) is 0 Å². The smallest absolute Gasteiger partial charge is 0.319 e. The van der Waals surface area contributed by atoms with E-state index in [0.29, 0.717) is 6.42 Å². The molecule has 0 fully saturated rings. The third-order valence-electron chi connectivity index (χ3n) is 2.20. The maximum atomic E-state index is 11.9. The molecule has 96 valence electrons. The minimum Gasteiger partial charge on any atom is -0.349 e. The van der Waals surface area contributed by atoms with Gasteiger partial charge in [-0.1, -0.05) is 17.7 Å². The van der Waals surface area contributed by atoms with Crippen LogP contribution in [0, 0.1) is 10.1 Å². The van der Waals surface area contributed by atoms with Crippen molar-refractivity contribution in [1.29, 1.82) is 0 Å². The Hall–Kier alpha value is -1.95. The first-order valence-corrected chi connectivity index (χ1v) is 5.55. The number of hydrogen-bond donors (Lipinski definition) is 1. The highest BCUT2D eigenvalue weighted by molar-refractivity contribution is 6.32. The molecule has 6 nitrogen and oxygen atoms in total. The lowest BCUT2D eigenvalue weighted by Gasteiger charge is -2.11. The highest BCUT2D eigenvalue weighted by Crippen LogP contribution is 2.25. The zero-order chi connectivity index (χ0) is 13.7. The Labute approximate surface area is 109 Å². The fraction of sp³-hybridized carbons (Fsp3) is 0.273. The van der Waals surface area contributed by atoms with Crippen molar-refractivity contribution in [2.45, 2.75) is 19.4 Å². The first kappa shape index (κ1) is 14.1. The monoisotopic (exact) mass is 269 g/mol. The summed E-state index contributed by atoms with van der Waals surface area (Å²) < 4.78 is 0. The second-order valence-corrected chi connectivity index (χ2v) is 4.01. The van der Waals surface area contributed by atoms with E-state index in [9.17, 15) is 14.9 Å². The maximum Gasteiger partial charge on any atom is 0.319 e. The topological polar surface area (TPSA) is 85.1 Å². The van der Waals surface area contributed by atoms with Crippen LogP contribution < -0.4 is 5.32 Å². The van der Waals surface area contributed by atoms with Gasteiger partial charge in [0, 0.05) is 12.2 Å². The summed E-state index contributed by atoms with van der Waals surface area (Å²) in [5.74, 6) is -0.555. The summed E-state index contributed by atoms with van der Waals surface area (Å²) in [4.78, 5) is 25.6. The molecule has 0 bridgehead atoms. The van der Waals surface area contributed by atoms with Crippen molar-refractivity contribution >= 4 is 23.2 Å². The summed E-state index contributed by atoms with van der Waals surface area (Å²) in [6.07, 6.45) is 3.47. The Bertz CT molecular complexity index is 490. The molecule has 7 heteroatoms. The van der Waals surface area contributed by atoms with E-state index in [2.05, 4.69) is 16.9 Å². The molecule has 1 aromatic rings. The Morgan fingerprint density at radius 1 is 1.78 bits per heavy atom. The number of amides is 1. The van der Waals surface area contributed by atoms with Gasteiger partial charge in [-0.05, 0) is 19.4 Å². The highest BCUT2D eigenvalue weighted by Gasteiger charge is 2.25. The molecule has 0 spiro atoms. The van der Waals surface area contributed by atoms with Crippen LogP contribution in [0.5, 0.6) is 0 Å². The molecule has 1 amide bonds. The van der Waals surface area contributed by atoms with Gasteiger partial charge in [-0.2, -0.15) is 0 Å². The van der Waals surface area contributed by atoms with Crippen molar-refractivity contribution in [2.24, 2.45) is 0 Å². The minimum atomic E-state index is -0.720. The number of carbonyl (C=O) groups is 1. The van der Waals surface area contributed by atoms with Crippen molar-refractivity contribution in [3.05, 3.63) is 45.7 Å². The minimum absolute atomic E-state index is 0.101. The van der Waals surface area contributed by atoms with Gasteiger partial charge >= 0.3 is 5.69 Å². The quantitative estimate of drug-likeness (QED) is 0.385. The number of nitrogens with zero attached hydrogens (tertiary/aromatic N) is 2. The molecule has 1 N–H and O–H groups in total. The average molecular weight is 270 g/mol. The number of nitrogens with one attached hydrogen (secondary N) is 1. The Kier molecular flexibility index (Phi) is 4.79. The normalized spacial score (nSPS) is 11.7. The zero-order valence-corrected chi connectivity index (χ0v) is 10.5. The maximum absolute atomic E-state index is 11.9. The summed E-state index contributed by atoms with van der Waals surface area (Å²) >= 11 is 5.62. The Balaban J connectivity index is 3.02. The third-order valence-corrected chi connectivity index (χ3v) is 2.48. The molecular weight excluding hydrogens is 258 g/mol. The Morgan fingerprint density at radius 3 is 3.00 bits per heavy atom.